The number of carbonyl (C=O) groups excluding carboxylic acids is 3. The standard InChI is InChI=1S/C27H37N3O5S/c1-26(2,3)30(24(33)20(17-36)29-25(34)35-27(4,5)6)22(19-14-10-11-15-21(19)31)23(32)28-16-18-12-8-7-9-13-18/h7-15,20,22,31,36H,16-17H2,1-6H3,(H,28,32)(H,29,34). The number of alkyl carbamates (subject to hydrolysis) is 1. The average Bonchev–Trinajstić information content (AvgIpc) is 2.78. The molecular formula is C27H37N3O5S. The average molecular weight is 516 g/mol. The fraction of sp³-hybridized carbons (Fsp3) is 0.444. The molecule has 0 aliphatic carbocycles. The highest BCUT2D eigenvalue weighted by molar-refractivity contribution is 7.80. The van der Waals surface area contributed by atoms with E-state index >= 15 is 0 Å². The minimum atomic E-state index is -1.18. The lowest BCUT2D eigenvalue weighted by molar-refractivity contribution is -0.148. The molecule has 0 aliphatic heterocycles. The van der Waals surface area contributed by atoms with Crippen molar-refractivity contribution in [3.8, 4) is 5.75 Å². The molecule has 2 aromatic carbocycles. The summed E-state index contributed by atoms with van der Waals surface area (Å²) in [5.41, 5.74) is -0.477. The lowest BCUT2D eigenvalue weighted by atomic mass is 9.95. The molecule has 2 rings (SSSR count). The highest BCUT2D eigenvalue weighted by Gasteiger charge is 2.42. The molecule has 9 heteroatoms. The van der Waals surface area contributed by atoms with Crippen LogP contribution in [0.3, 0.4) is 0 Å². The van der Waals surface area contributed by atoms with Crippen LogP contribution >= 0.6 is 12.6 Å². The zero-order valence-corrected chi connectivity index (χ0v) is 22.6. The van der Waals surface area contributed by atoms with Crippen LogP contribution in [0.25, 0.3) is 0 Å². The number of phenols is 1. The zero-order valence-electron chi connectivity index (χ0n) is 21.7. The Kier molecular flexibility index (Phi) is 9.81. The zero-order chi connectivity index (χ0) is 27.1. The van der Waals surface area contributed by atoms with E-state index in [9.17, 15) is 19.5 Å². The number of rotatable bonds is 8. The topological polar surface area (TPSA) is 108 Å². The van der Waals surface area contributed by atoms with Gasteiger partial charge >= 0.3 is 6.09 Å². The molecule has 0 saturated carbocycles. The normalized spacial score (nSPS) is 13.3. The van der Waals surface area contributed by atoms with Crippen molar-refractivity contribution in [2.45, 2.75) is 71.3 Å². The molecule has 0 fully saturated rings. The molecule has 8 nitrogen and oxygen atoms in total. The summed E-state index contributed by atoms with van der Waals surface area (Å²) >= 11 is 4.28. The molecule has 0 aromatic heterocycles. The molecular weight excluding hydrogens is 478 g/mol. The first-order valence-corrected chi connectivity index (χ1v) is 12.4. The van der Waals surface area contributed by atoms with Crippen LogP contribution < -0.4 is 10.6 Å². The number of ether oxygens (including phenoxy) is 1. The van der Waals surface area contributed by atoms with E-state index in [0.29, 0.717) is 0 Å². The van der Waals surface area contributed by atoms with Crippen molar-refractivity contribution in [1.82, 2.24) is 15.5 Å². The predicted molar refractivity (Wildman–Crippen MR) is 143 cm³/mol. The molecule has 0 bridgehead atoms. The van der Waals surface area contributed by atoms with Crippen molar-refractivity contribution >= 4 is 30.5 Å². The largest absolute Gasteiger partial charge is 0.508 e. The highest BCUT2D eigenvalue weighted by Crippen LogP contribution is 2.34. The molecule has 3 amide bonds. The van der Waals surface area contributed by atoms with Gasteiger partial charge in [0.25, 0.3) is 0 Å². The predicted octanol–water partition coefficient (Wildman–Crippen LogP) is 4.20. The lowest BCUT2D eigenvalue weighted by Crippen LogP contribution is -2.59. The number of phenolic OH excluding ortho intramolecular Hbond substituents is 1. The second-order valence-corrected chi connectivity index (χ2v) is 10.8. The number of nitrogens with one attached hydrogen (secondary N) is 2. The van der Waals surface area contributed by atoms with Crippen molar-refractivity contribution in [3.05, 3.63) is 65.7 Å². The molecule has 2 aromatic rings. The molecule has 0 radical (unpaired) electrons. The van der Waals surface area contributed by atoms with E-state index in [1.807, 2.05) is 30.3 Å². The molecule has 2 unspecified atom stereocenters. The van der Waals surface area contributed by atoms with Gasteiger partial charge in [0.2, 0.25) is 11.8 Å². The first kappa shape index (κ1) is 29.0. The second-order valence-electron chi connectivity index (χ2n) is 10.4. The van der Waals surface area contributed by atoms with Crippen LogP contribution in [-0.2, 0) is 20.9 Å². The fourth-order valence-electron chi connectivity index (χ4n) is 3.65. The molecule has 0 aliphatic rings. The first-order chi connectivity index (χ1) is 16.7. The number of carbonyl (C=O) groups is 3. The Morgan fingerprint density at radius 3 is 2.08 bits per heavy atom. The van der Waals surface area contributed by atoms with Crippen molar-refractivity contribution in [2.75, 3.05) is 5.75 Å². The molecule has 0 heterocycles. The summed E-state index contributed by atoms with van der Waals surface area (Å²) in [6, 6.07) is 13.5. The number of amides is 3. The number of benzene rings is 2. The Labute approximate surface area is 218 Å². The van der Waals surface area contributed by atoms with E-state index in [1.54, 1.807) is 59.7 Å². The Bertz CT molecular complexity index is 1050. The van der Waals surface area contributed by atoms with Crippen molar-refractivity contribution in [2.24, 2.45) is 0 Å². The molecule has 3 N–H and O–H groups in total. The van der Waals surface area contributed by atoms with Gasteiger partial charge in [0.05, 0.1) is 0 Å². The molecule has 2 atom stereocenters. The van der Waals surface area contributed by atoms with E-state index in [4.69, 9.17) is 4.74 Å². The summed E-state index contributed by atoms with van der Waals surface area (Å²) in [6.45, 7) is 10.7. The van der Waals surface area contributed by atoms with Crippen LogP contribution in [0.1, 0.15) is 58.7 Å². The number of aromatic hydroxyl groups is 1. The van der Waals surface area contributed by atoms with Crippen LogP contribution in [0.5, 0.6) is 5.75 Å². The van der Waals surface area contributed by atoms with Gasteiger partial charge in [0.15, 0.2) is 0 Å². The third kappa shape index (κ3) is 8.19. The third-order valence-corrected chi connectivity index (χ3v) is 5.54. The molecule has 0 spiro atoms. The van der Waals surface area contributed by atoms with E-state index in [1.165, 1.54) is 11.0 Å². The van der Waals surface area contributed by atoms with Crippen LogP contribution in [0.4, 0.5) is 4.79 Å². The monoisotopic (exact) mass is 515 g/mol. The molecule has 36 heavy (non-hydrogen) atoms. The summed E-state index contributed by atoms with van der Waals surface area (Å²) < 4.78 is 5.31. The Hall–Kier alpha value is -3.20. The van der Waals surface area contributed by atoms with Gasteiger partial charge in [0, 0.05) is 23.4 Å². The minimum absolute atomic E-state index is 0.0240. The number of para-hydroxylation sites is 1. The van der Waals surface area contributed by atoms with Gasteiger partial charge in [-0.2, -0.15) is 12.6 Å². The summed E-state index contributed by atoms with van der Waals surface area (Å²) in [5, 5.41) is 16.1. The first-order valence-electron chi connectivity index (χ1n) is 11.8. The second kappa shape index (κ2) is 12.2. The van der Waals surface area contributed by atoms with Crippen LogP contribution in [-0.4, -0.2) is 50.8 Å². The molecule has 196 valence electrons. The van der Waals surface area contributed by atoms with Crippen molar-refractivity contribution in [3.63, 3.8) is 0 Å². The van der Waals surface area contributed by atoms with Gasteiger partial charge < -0.3 is 25.4 Å². The summed E-state index contributed by atoms with van der Waals surface area (Å²) in [6.07, 6.45) is -0.767. The van der Waals surface area contributed by atoms with Crippen LogP contribution in [0.2, 0.25) is 0 Å². The van der Waals surface area contributed by atoms with Crippen LogP contribution in [0, 0.1) is 0 Å². The van der Waals surface area contributed by atoms with Gasteiger partial charge in [-0.25, -0.2) is 4.79 Å². The maximum atomic E-state index is 13.9. The Balaban J connectivity index is 2.46. The minimum Gasteiger partial charge on any atom is -0.508 e. The van der Waals surface area contributed by atoms with E-state index in [-0.39, 0.29) is 23.6 Å². The van der Waals surface area contributed by atoms with Gasteiger partial charge in [-0.1, -0.05) is 48.5 Å². The maximum absolute atomic E-state index is 13.9. The number of thiol groups is 1. The Morgan fingerprint density at radius 1 is 0.972 bits per heavy atom. The van der Waals surface area contributed by atoms with Gasteiger partial charge in [0.1, 0.15) is 23.4 Å². The van der Waals surface area contributed by atoms with Gasteiger partial charge in [-0.15, -0.1) is 0 Å². The van der Waals surface area contributed by atoms with Crippen molar-refractivity contribution in [1.29, 1.82) is 0 Å². The van der Waals surface area contributed by atoms with Gasteiger partial charge in [-0.05, 0) is 53.2 Å². The van der Waals surface area contributed by atoms with E-state index in [0.717, 1.165) is 5.56 Å². The highest BCUT2D eigenvalue weighted by atomic mass is 32.1. The lowest BCUT2D eigenvalue weighted by Gasteiger charge is -2.43. The van der Waals surface area contributed by atoms with E-state index < -0.39 is 41.1 Å². The SMILES string of the molecule is CC(C)(C)OC(=O)NC(CS)C(=O)N(C(C(=O)NCc1ccccc1)c1ccccc1O)C(C)(C)C. The third-order valence-electron chi connectivity index (χ3n) is 5.18. The number of hydrogen-bond acceptors (Lipinski definition) is 6. The van der Waals surface area contributed by atoms with E-state index in [2.05, 4.69) is 23.3 Å². The smallest absolute Gasteiger partial charge is 0.408 e. The summed E-state index contributed by atoms with van der Waals surface area (Å²) in [4.78, 5) is 41.3. The quantitative estimate of drug-likeness (QED) is 0.394. The number of hydrogen-bond donors (Lipinski definition) is 4. The fourth-order valence-corrected chi connectivity index (χ4v) is 3.89. The maximum Gasteiger partial charge on any atom is 0.408 e. The summed E-state index contributed by atoms with van der Waals surface area (Å²) in [7, 11) is 0. The van der Waals surface area contributed by atoms with Crippen LogP contribution in [0.15, 0.2) is 54.6 Å². The van der Waals surface area contributed by atoms with Crippen molar-refractivity contribution < 1.29 is 24.2 Å². The van der Waals surface area contributed by atoms with Gasteiger partial charge in [-0.3, -0.25) is 9.59 Å². The summed E-state index contributed by atoms with van der Waals surface area (Å²) in [5.74, 6) is -1.16. The molecule has 0 saturated heterocycles. The Morgan fingerprint density at radius 2 is 1.56 bits per heavy atom. The number of nitrogens with zero attached hydrogens (tertiary/aromatic N) is 1.